The molecule has 0 spiro atoms. The number of amides is 4. The lowest BCUT2D eigenvalue weighted by Crippen LogP contribution is -2.64. The molecule has 15 heteroatoms. The number of carbonyl (C=O) groups is 3. The first-order valence-electron chi connectivity index (χ1n) is 17.7. The van der Waals surface area contributed by atoms with E-state index in [-0.39, 0.29) is 13.0 Å². The largest absolute Gasteiger partial charge is 0.494 e. The lowest BCUT2D eigenvalue weighted by atomic mass is 9.85. The molecule has 2 aliphatic carbocycles. The van der Waals surface area contributed by atoms with E-state index in [0.717, 1.165) is 21.5 Å². The van der Waals surface area contributed by atoms with Crippen LogP contribution >= 0.6 is 11.6 Å². The van der Waals surface area contributed by atoms with Gasteiger partial charge in [-0.1, -0.05) is 38.4 Å². The third-order valence-electron chi connectivity index (χ3n) is 10.2. The van der Waals surface area contributed by atoms with Crippen LogP contribution in [0.4, 0.5) is 10.6 Å². The molecule has 3 fully saturated rings. The van der Waals surface area contributed by atoms with Gasteiger partial charge in [-0.2, -0.15) is 0 Å². The summed E-state index contributed by atoms with van der Waals surface area (Å²) in [6.07, 6.45) is 3.77. The number of hydrogen-bond acceptors (Lipinski definition) is 10. The number of methoxy groups -OCH3 is 1. The first-order chi connectivity index (χ1) is 24.9. The highest BCUT2D eigenvalue weighted by Crippen LogP contribution is 2.52. The van der Waals surface area contributed by atoms with Crippen LogP contribution in [-0.2, 0) is 19.6 Å². The maximum atomic E-state index is 15.1. The van der Waals surface area contributed by atoms with Crippen LogP contribution in [0.2, 0.25) is 5.02 Å². The molecule has 1 unspecified atom stereocenters. The highest BCUT2D eigenvalue weighted by Gasteiger charge is 2.68. The molecule has 53 heavy (non-hydrogen) atoms. The van der Waals surface area contributed by atoms with Crippen molar-refractivity contribution in [1.82, 2.24) is 24.5 Å². The molecule has 5 atom stereocenters. The minimum absolute atomic E-state index is 0.0172. The van der Waals surface area contributed by atoms with Gasteiger partial charge in [0.25, 0.3) is 11.8 Å². The number of sulfonamides is 1. The predicted molar refractivity (Wildman–Crippen MR) is 202 cm³/mol. The molecule has 2 saturated carbocycles. The van der Waals surface area contributed by atoms with Gasteiger partial charge in [-0.3, -0.25) is 14.3 Å². The van der Waals surface area contributed by atoms with Crippen LogP contribution in [0, 0.1) is 25.2 Å². The lowest BCUT2D eigenvalue weighted by Gasteiger charge is -2.40. The van der Waals surface area contributed by atoms with E-state index in [4.69, 9.17) is 21.1 Å². The summed E-state index contributed by atoms with van der Waals surface area (Å²) < 4.78 is 40.3. The zero-order valence-corrected chi connectivity index (χ0v) is 32.7. The number of nitrogens with zero attached hydrogens (tertiary/aromatic N) is 4. The maximum absolute atomic E-state index is 15.1. The monoisotopic (exact) mass is 766 g/mol. The molecule has 1 aliphatic heterocycles. The van der Waals surface area contributed by atoms with Crippen LogP contribution < -0.4 is 19.5 Å². The van der Waals surface area contributed by atoms with Crippen molar-refractivity contribution in [2.24, 2.45) is 11.3 Å². The summed E-state index contributed by atoms with van der Waals surface area (Å²) in [5.74, 6) is -1.04. The first kappa shape index (κ1) is 38.3. The molecule has 4 amide bonds. The molecular formula is C38H47ClN6O7S. The highest BCUT2D eigenvalue weighted by molar-refractivity contribution is 7.91. The number of aryl methyl sites for hydroxylation is 2. The topological polar surface area (TPSA) is 160 Å². The van der Waals surface area contributed by atoms with Gasteiger partial charge in [0.2, 0.25) is 15.9 Å². The van der Waals surface area contributed by atoms with E-state index in [1.807, 2.05) is 53.7 Å². The number of halogens is 1. The Balaban J connectivity index is 1.37. The molecular weight excluding hydrogens is 720 g/mol. The van der Waals surface area contributed by atoms with E-state index < -0.39 is 68.2 Å². The standard InChI is InChI=1S/C38H47ClN6O7S/c1-9-24-18-38(24,35(47)43-53(49,50)27-11-12-27)45(34(46)32(37(5,6)7)42-31-15-21(2)14-22(3)41-31)36(48)44-20-26(16-23(44)4)52-33-29-17-25(39)10-13-28(29)30(51-8)19-40-33/h9-10,13-15,17,19,23-24,26-27,32H,1,11-12,16,18,20H2,2-8H3,(H,41,42)(H,43,47)/t23?,24-,26-,32+,38-/m1/s1. The van der Waals surface area contributed by atoms with Crippen LogP contribution in [0.15, 0.2) is 49.2 Å². The van der Waals surface area contributed by atoms with E-state index in [0.29, 0.717) is 47.1 Å². The number of likely N-dealkylation sites (tertiary alicyclic amines) is 1. The van der Waals surface area contributed by atoms with Crippen LogP contribution in [-0.4, -0.2) is 88.7 Å². The summed E-state index contributed by atoms with van der Waals surface area (Å²) in [5.41, 5.74) is -0.978. The number of hydrogen-bond donors (Lipinski definition) is 2. The molecule has 1 aromatic carbocycles. The van der Waals surface area contributed by atoms with Gasteiger partial charge in [0, 0.05) is 39.9 Å². The Morgan fingerprint density at radius 3 is 2.47 bits per heavy atom. The fraction of sp³-hybridized carbons (Fsp3) is 0.500. The van der Waals surface area contributed by atoms with Gasteiger partial charge in [-0.05, 0) is 81.3 Å². The number of pyridine rings is 2. The molecule has 0 bridgehead atoms. The minimum atomic E-state index is -4.02. The molecule has 3 heterocycles. The van der Waals surface area contributed by atoms with Gasteiger partial charge in [-0.15, -0.1) is 6.58 Å². The average Bonchev–Trinajstić information content (AvgIpc) is 4.00. The Kier molecular flexibility index (Phi) is 10.2. The Hall–Kier alpha value is -4.43. The average molecular weight is 767 g/mol. The molecule has 1 saturated heterocycles. The van der Waals surface area contributed by atoms with Crippen molar-refractivity contribution < 1.29 is 32.3 Å². The van der Waals surface area contributed by atoms with Gasteiger partial charge in [0.05, 0.1) is 25.1 Å². The number of nitrogens with one attached hydrogen (secondary N) is 2. The van der Waals surface area contributed by atoms with E-state index in [1.54, 1.807) is 31.5 Å². The second-order valence-electron chi connectivity index (χ2n) is 15.5. The molecule has 2 aromatic heterocycles. The normalized spacial score (nSPS) is 23.2. The first-order valence-corrected chi connectivity index (χ1v) is 19.7. The van der Waals surface area contributed by atoms with Crippen molar-refractivity contribution in [3.05, 3.63) is 65.5 Å². The van der Waals surface area contributed by atoms with Crippen molar-refractivity contribution in [1.29, 1.82) is 0 Å². The third-order valence-corrected chi connectivity index (χ3v) is 12.3. The second-order valence-corrected chi connectivity index (χ2v) is 17.9. The zero-order chi connectivity index (χ0) is 38.6. The summed E-state index contributed by atoms with van der Waals surface area (Å²) in [6, 6.07) is 6.76. The van der Waals surface area contributed by atoms with Crippen molar-refractivity contribution in [3.63, 3.8) is 0 Å². The van der Waals surface area contributed by atoms with Crippen molar-refractivity contribution in [3.8, 4) is 11.6 Å². The predicted octanol–water partition coefficient (Wildman–Crippen LogP) is 5.78. The quantitative estimate of drug-likeness (QED) is 0.229. The summed E-state index contributed by atoms with van der Waals surface area (Å²) >= 11 is 6.34. The molecule has 284 valence electrons. The molecule has 6 rings (SSSR count). The number of imide groups is 1. The number of fused-ring (bicyclic) bond motifs is 1. The van der Waals surface area contributed by atoms with E-state index in [2.05, 4.69) is 26.6 Å². The van der Waals surface area contributed by atoms with Gasteiger partial charge >= 0.3 is 6.03 Å². The summed E-state index contributed by atoms with van der Waals surface area (Å²) in [4.78, 5) is 55.9. The maximum Gasteiger partial charge on any atom is 0.328 e. The molecule has 0 radical (unpaired) electrons. The van der Waals surface area contributed by atoms with Crippen LogP contribution in [0.25, 0.3) is 10.8 Å². The fourth-order valence-electron chi connectivity index (χ4n) is 7.20. The zero-order valence-electron chi connectivity index (χ0n) is 31.1. The van der Waals surface area contributed by atoms with E-state index >= 15 is 9.59 Å². The number of aromatic nitrogens is 2. The van der Waals surface area contributed by atoms with Gasteiger partial charge in [0.15, 0.2) is 0 Å². The Labute approximate surface area is 315 Å². The number of anilines is 1. The van der Waals surface area contributed by atoms with Gasteiger partial charge < -0.3 is 19.7 Å². The number of ether oxygens (including phenoxy) is 2. The Morgan fingerprint density at radius 1 is 1.15 bits per heavy atom. The van der Waals surface area contributed by atoms with E-state index in [9.17, 15) is 13.2 Å². The smallest absolute Gasteiger partial charge is 0.328 e. The minimum Gasteiger partial charge on any atom is -0.494 e. The third kappa shape index (κ3) is 7.53. The van der Waals surface area contributed by atoms with Gasteiger partial charge in [-0.25, -0.2) is 28.1 Å². The summed E-state index contributed by atoms with van der Waals surface area (Å²) in [5, 5.41) is 4.41. The fourth-order valence-corrected chi connectivity index (χ4v) is 8.73. The van der Waals surface area contributed by atoms with Crippen LogP contribution in [0.1, 0.15) is 64.6 Å². The van der Waals surface area contributed by atoms with Crippen molar-refractivity contribution >= 4 is 56.1 Å². The molecule has 13 nitrogen and oxygen atoms in total. The molecule has 3 aliphatic rings. The number of carbonyl (C=O) groups excluding carboxylic acids is 3. The SMILES string of the molecule is C=C[C@@H]1C[C@@]1(C(=O)NS(=O)(=O)C1CC1)N(C(=O)[C@H](Nc1cc(C)cc(C)n1)C(C)(C)C)C(=O)N1C[C@H](Oc2ncc(OC)c3ccc(Cl)cc23)CC1C. The van der Waals surface area contributed by atoms with Crippen LogP contribution in [0.3, 0.4) is 0 Å². The van der Waals surface area contributed by atoms with Crippen molar-refractivity contribution in [2.45, 2.75) is 96.2 Å². The van der Waals surface area contributed by atoms with Crippen LogP contribution in [0.5, 0.6) is 11.6 Å². The highest BCUT2D eigenvalue weighted by atomic mass is 35.5. The molecule has 3 aromatic rings. The second kappa shape index (κ2) is 14.1. The summed E-state index contributed by atoms with van der Waals surface area (Å²) in [7, 11) is -2.47. The number of benzene rings is 1. The lowest BCUT2D eigenvalue weighted by molar-refractivity contribution is -0.141. The van der Waals surface area contributed by atoms with Crippen molar-refractivity contribution in [2.75, 3.05) is 19.0 Å². The Morgan fingerprint density at radius 2 is 1.87 bits per heavy atom. The number of urea groups is 1. The Bertz CT molecular complexity index is 2060. The van der Waals surface area contributed by atoms with Gasteiger partial charge in [0.1, 0.15) is 29.3 Å². The van der Waals surface area contributed by atoms with E-state index in [1.165, 1.54) is 11.0 Å². The summed E-state index contributed by atoms with van der Waals surface area (Å²) in [6.45, 7) is 15.1. The number of rotatable bonds is 11. The molecule has 2 N–H and O–H groups in total.